The second kappa shape index (κ2) is 7.79. The van der Waals surface area contributed by atoms with Gasteiger partial charge in [-0.05, 0) is 26.0 Å². The largest absolute Gasteiger partial charge is 0.328 e. The molecule has 0 aliphatic rings. The van der Waals surface area contributed by atoms with Crippen LogP contribution < -0.4 is 10.9 Å². The molecular weight excluding hydrogens is 346 g/mol. The summed E-state index contributed by atoms with van der Waals surface area (Å²) in [6.07, 6.45) is 0. The fraction of sp³-hybridized carbons (Fsp3) is 0.167. The number of rotatable bonds is 5. The van der Waals surface area contributed by atoms with Crippen LogP contribution in [0.5, 0.6) is 0 Å². The van der Waals surface area contributed by atoms with Gasteiger partial charge in [0.15, 0.2) is 5.82 Å². The SMILES string of the molecule is Cc1ccc([C@@H]([NH2+][C@H](C)c2nc3ccccc3c(=O)[nH]2)c2ccccc2)cc1. The molecule has 0 spiro atoms. The van der Waals surface area contributed by atoms with Gasteiger partial charge in [-0.3, -0.25) is 4.79 Å². The maximum atomic E-state index is 12.5. The first-order valence-corrected chi connectivity index (χ1v) is 9.57. The summed E-state index contributed by atoms with van der Waals surface area (Å²) in [5.41, 5.74) is 4.33. The van der Waals surface area contributed by atoms with Gasteiger partial charge in [0.1, 0.15) is 12.1 Å². The van der Waals surface area contributed by atoms with E-state index in [1.165, 1.54) is 16.7 Å². The summed E-state index contributed by atoms with van der Waals surface area (Å²) < 4.78 is 0. The molecule has 0 saturated carbocycles. The van der Waals surface area contributed by atoms with Gasteiger partial charge < -0.3 is 10.3 Å². The van der Waals surface area contributed by atoms with E-state index in [0.717, 1.165) is 5.52 Å². The Morgan fingerprint density at radius 1 is 0.857 bits per heavy atom. The van der Waals surface area contributed by atoms with Gasteiger partial charge in [-0.15, -0.1) is 0 Å². The second-order valence-electron chi connectivity index (χ2n) is 7.25. The summed E-state index contributed by atoms with van der Waals surface area (Å²) in [5, 5.41) is 2.88. The third-order valence-corrected chi connectivity index (χ3v) is 5.14. The van der Waals surface area contributed by atoms with Crippen molar-refractivity contribution in [3.8, 4) is 0 Å². The van der Waals surface area contributed by atoms with Crippen molar-refractivity contribution in [3.05, 3.63) is 112 Å². The lowest BCUT2D eigenvalue weighted by molar-refractivity contribution is -0.724. The Bertz CT molecular complexity index is 1130. The molecular formula is C24H24N3O+. The van der Waals surface area contributed by atoms with Gasteiger partial charge in [0.05, 0.1) is 10.9 Å². The highest BCUT2D eigenvalue weighted by Gasteiger charge is 2.23. The molecule has 0 amide bonds. The minimum atomic E-state index is -0.0903. The standard InChI is InChI=1S/C24H23N3O/c1-16-12-14-19(15-13-16)22(18-8-4-3-5-9-18)25-17(2)23-26-21-11-7-6-10-20(21)24(28)27-23/h3-15,17,22,25H,1-2H3,(H,26,27,28)/p+1/t17-,22+/m1/s1. The molecule has 0 saturated heterocycles. The minimum Gasteiger partial charge on any atom is -0.328 e. The van der Waals surface area contributed by atoms with E-state index in [4.69, 9.17) is 4.98 Å². The van der Waals surface area contributed by atoms with Crippen molar-refractivity contribution in [2.45, 2.75) is 25.9 Å². The third kappa shape index (κ3) is 3.73. The smallest absolute Gasteiger partial charge is 0.258 e. The van der Waals surface area contributed by atoms with E-state index in [1.54, 1.807) is 6.07 Å². The number of aryl methyl sites for hydroxylation is 1. The van der Waals surface area contributed by atoms with E-state index in [1.807, 2.05) is 24.3 Å². The van der Waals surface area contributed by atoms with Crippen LogP contribution in [0.1, 0.15) is 41.5 Å². The van der Waals surface area contributed by atoms with Crippen LogP contribution in [0, 0.1) is 6.92 Å². The molecule has 1 aromatic heterocycles. The van der Waals surface area contributed by atoms with E-state index >= 15 is 0 Å². The molecule has 4 aromatic rings. The summed E-state index contributed by atoms with van der Waals surface area (Å²) in [6.45, 7) is 4.18. The van der Waals surface area contributed by atoms with Gasteiger partial charge in [-0.2, -0.15) is 0 Å². The van der Waals surface area contributed by atoms with Crippen molar-refractivity contribution in [2.75, 3.05) is 0 Å². The summed E-state index contributed by atoms with van der Waals surface area (Å²) >= 11 is 0. The number of benzene rings is 3. The zero-order valence-electron chi connectivity index (χ0n) is 16.1. The van der Waals surface area contributed by atoms with E-state index in [0.29, 0.717) is 11.2 Å². The van der Waals surface area contributed by atoms with Crippen LogP contribution in [-0.2, 0) is 0 Å². The van der Waals surface area contributed by atoms with Crippen molar-refractivity contribution in [1.82, 2.24) is 9.97 Å². The van der Waals surface area contributed by atoms with Crippen LogP contribution >= 0.6 is 0 Å². The number of quaternary nitrogens is 1. The lowest BCUT2D eigenvalue weighted by Crippen LogP contribution is -2.86. The molecule has 0 bridgehead atoms. The summed E-state index contributed by atoms with van der Waals surface area (Å²) in [6, 6.07) is 26.6. The van der Waals surface area contributed by atoms with Crippen LogP contribution in [0.2, 0.25) is 0 Å². The predicted molar refractivity (Wildman–Crippen MR) is 112 cm³/mol. The van der Waals surface area contributed by atoms with Crippen molar-refractivity contribution >= 4 is 10.9 Å². The van der Waals surface area contributed by atoms with Crippen molar-refractivity contribution < 1.29 is 5.32 Å². The van der Waals surface area contributed by atoms with Crippen LogP contribution in [0.15, 0.2) is 83.7 Å². The van der Waals surface area contributed by atoms with Crippen molar-refractivity contribution in [2.24, 2.45) is 0 Å². The minimum absolute atomic E-state index is 0.0104. The van der Waals surface area contributed by atoms with Crippen LogP contribution in [0.25, 0.3) is 10.9 Å². The summed E-state index contributed by atoms with van der Waals surface area (Å²) in [7, 11) is 0. The number of hydrogen-bond donors (Lipinski definition) is 2. The normalized spacial score (nSPS) is 13.4. The second-order valence-corrected chi connectivity index (χ2v) is 7.25. The average molecular weight is 370 g/mol. The van der Waals surface area contributed by atoms with Crippen LogP contribution in [-0.4, -0.2) is 9.97 Å². The first kappa shape index (κ1) is 18.1. The molecule has 4 heteroatoms. The van der Waals surface area contributed by atoms with Gasteiger partial charge in [-0.1, -0.05) is 72.3 Å². The van der Waals surface area contributed by atoms with Gasteiger partial charge in [-0.25, -0.2) is 4.98 Å². The zero-order chi connectivity index (χ0) is 19.5. The molecule has 28 heavy (non-hydrogen) atoms. The molecule has 0 aliphatic heterocycles. The fourth-order valence-electron chi connectivity index (χ4n) is 3.55. The number of H-pyrrole nitrogens is 1. The first-order valence-electron chi connectivity index (χ1n) is 9.57. The Morgan fingerprint density at radius 2 is 1.50 bits per heavy atom. The van der Waals surface area contributed by atoms with Crippen molar-refractivity contribution in [3.63, 3.8) is 0 Å². The molecule has 0 radical (unpaired) electrons. The number of nitrogens with two attached hydrogens (primary N) is 1. The number of aromatic nitrogens is 2. The molecule has 2 atom stereocenters. The average Bonchev–Trinajstić information content (AvgIpc) is 2.73. The summed E-state index contributed by atoms with van der Waals surface area (Å²) in [4.78, 5) is 20.1. The Hall–Kier alpha value is -3.24. The number of fused-ring (bicyclic) bond motifs is 1. The Kier molecular flexibility index (Phi) is 5.04. The molecule has 0 fully saturated rings. The Balaban J connectivity index is 1.70. The number of nitrogens with zero attached hydrogens (tertiary/aromatic N) is 1. The molecule has 3 aromatic carbocycles. The number of hydrogen-bond acceptors (Lipinski definition) is 2. The lowest BCUT2D eigenvalue weighted by atomic mass is 9.97. The highest BCUT2D eigenvalue weighted by molar-refractivity contribution is 5.77. The summed E-state index contributed by atoms with van der Waals surface area (Å²) in [5.74, 6) is 0.691. The number of nitrogens with one attached hydrogen (secondary N) is 1. The van der Waals surface area contributed by atoms with E-state index in [9.17, 15) is 4.79 Å². The molecule has 3 N–H and O–H groups in total. The first-order chi connectivity index (χ1) is 13.6. The maximum Gasteiger partial charge on any atom is 0.258 e. The molecule has 0 unspecified atom stereocenters. The van der Waals surface area contributed by atoms with Crippen LogP contribution in [0.3, 0.4) is 0 Å². The molecule has 4 nitrogen and oxygen atoms in total. The highest BCUT2D eigenvalue weighted by Crippen LogP contribution is 2.20. The van der Waals surface area contributed by atoms with Gasteiger partial charge in [0.25, 0.3) is 5.56 Å². The van der Waals surface area contributed by atoms with Gasteiger partial charge in [0, 0.05) is 11.1 Å². The molecule has 1 heterocycles. The fourth-order valence-corrected chi connectivity index (χ4v) is 3.55. The Morgan fingerprint density at radius 3 is 2.25 bits per heavy atom. The quantitative estimate of drug-likeness (QED) is 0.563. The van der Waals surface area contributed by atoms with E-state index in [-0.39, 0.29) is 17.6 Å². The van der Waals surface area contributed by atoms with Crippen LogP contribution in [0.4, 0.5) is 0 Å². The molecule has 4 rings (SSSR count). The monoisotopic (exact) mass is 370 g/mol. The molecule has 0 aliphatic carbocycles. The van der Waals surface area contributed by atoms with Gasteiger partial charge >= 0.3 is 0 Å². The van der Waals surface area contributed by atoms with E-state index in [2.05, 4.69) is 72.7 Å². The molecule has 140 valence electrons. The van der Waals surface area contributed by atoms with E-state index < -0.39 is 0 Å². The Labute approximate surface area is 164 Å². The predicted octanol–water partition coefficient (Wildman–Crippen LogP) is 3.65. The topological polar surface area (TPSA) is 62.4 Å². The highest BCUT2D eigenvalue weighted by atomic mass is 16.1. The third-order valence-electron chi connectivity index (χ3n) is 5.14. The maximum absolute atomic E-state index is 12.5. The van der Waals surface area contributed by atoms with Crippen molar-refractivity contribution in [1.29, 1.82) is 0 Å². The number of para-hydroxylation sites is 1. The number of aromatic amines is 1. The zero-order valence-corrected chi connectivity index (χ0v) is 16.1. The lowest BCUT2D eigenvalue weighted by Gasteiger charge is -2.21. The van der Waals surface area contributed by atoms with Gasteiger partial charge in [0.2, 0.25) is 0 Å².